The number of fused-ring (bicyclic) bond motifs is 1. The molecule has 2 aromatic rings. The lowest BCUT2D eigenvalue weighted by Gasteiger charge is -2.18. The number of para-hydroxylation sites is 1. The number of ether oxygens (including phenoxy) is 2. The van der Waals surface area contributed by atoms with Crippen LogP contribution in [0.1, 0.15) is 11.1 Å². The fourth-order valence-corrected chi connectivity index (χ4v) is 2.99. The molecule has 0 fully saturated rings. The van der Waals surface area contributed by atoms with Crippen molar-refractivity contribution in [2.75, 3.05) is 37.0 Å². The number of amides is 1. The van der Waals surface area contributed by atoms with Gasteiger partial charge in [-0.2, -0.15) is 0 Å². The third-order valence-electron chi connectivity index (χ3n) is 4.40. The van der Waals surface area contributed by atoms with Gasteiger partial charge in [0.1, 0.15) is 5.75 Å². The molecular formula is C20H22N2O4. The normalized spacial score (nSPS) is 12.5. The number of anilines is 2. The van der Waals surface area contributed by atoms with Crippen molar-refractivity contribution < 1.29 is 19.1 Å². The van der Waals surface area contributed by atoms with Crippen LogP contribution in [0.3, 0.4) is 0 Å². The molecular weight excluding hydrogens is 332 g/mol. The zero-order chi connectivity index (χ0) is 18.5. The van der Waals surface area contributed by atoms with Crippen LogP contribution in [-0.4, -0.2) is 38.7 Å². The first-order valence-corrected chi connectivity index (χ1v) is 8.51. The fraction of sp³-hybridized carbons (Fsp3) is 0.300. The van der Waals surface area contributed by atoms with Gasteiger partial charge < -0.3 is 19.7 Å². The highest BCUT2D eigenvalue weighted by atomic mass is 16.6. The molecule has 1 aliphatic rings. The number of rotatable bonds is 6. The summed E-state index contributed by atoms with van der Waals surface area (Å²) in [6.45, 7) is 2.73. The summed E-state index contributed by atoms with van der Waals surface area (Å²) >= 11 is 0. The molecule has 1 N–H and O–H groups in total. The molecule has 3 rings (SSSR count). The Bertz CT molecular complexity index is 819. The lowest BCUT2D eigenvalue weighted by Crippen LogP contribution is -2.34. The van der Waals surface area contributed by atoms with Gasteiger partial charge in [-0.3, -0.25) is 4.79 Å². The number of benzene rings is 2. The van der Waals surface area contributed by atoms with Gasteiger partial charge in [-0.1, -0.05) is 18.2 Å². The van der Waals surface area contributed by atoms with Gasteiger partial charge in [0.05, 0.1) is 13.7 Å². The summed E-state index contributed by atoms with van der Waals surface area (Å²) in [5, 5.41) is 3.19. The molecule has 0 spiro atoms. The Labute approximate surface area is 152 Å². The molecule has 0 atom stereocenters. The molecule has 0 saturated carbocycles. The Morgan fingerprint density at radius 3 is 2.77 bits per heavy atom. The lowest BCUT2D eigenvalue weighted by atomic mass is 10.2. The molecule has 6 heteroatoms. The Hall–Kier alpha value is -3.02. The summed E-state index contributed by atoms with van der Waals surface area (Å²) in [4.78, 5) is 25.5. The summed E-state index contributed by atoms with van der Waals surface area (Å²) in [5.41, 5.74) is 4.00. The SMILES string of the molecule is COC(=O)COc1ccc(NCC(=O)N2CCc3ccccc32)c(C)c1. The smallest absolute Gasteiger partial charge is 0.343 e. The average Bonchev–Trinajstić information content (AvgIpc) is 3.09. The summed E-state index contributed by atoms with van der Waals surface area (Å²) in [6.07, 6.45) is 0.896. The number of methoxy groups -OCH3 is 1. The predicted molar refractivity (Wildman–Crippen MR) is 99.7 cm³/mol. The second kappa shape index (κ2) is 7.91. The van der Waals surface area contributed by atoms with E-state index >= 15 is 0 Å². The number of nitrogens with zero attached hydrogens (tertiary/aromatic N) is 1. The van der Waals surface area contributed by atoms with Crippen molar-refractivity contribution in [1.29, 1.82) is 0 Å². The third-order valence-corrected chi connectivity index (χ3v) is 4.40. The summed E-state index contributed by atoms with van der Waals surface area (Å²) in [5.74, 6) is 0.194. The number of aryl methyl sites for hydroxylation is 1. The number of nitrogens with one attached hydrogen (secondary N) is 1. The Morgan fingerprint density at radius 2 is 2.00 bits per heavy atom. The summed E-state index contributed by atoms with van der Waals surface area (Å²) < 4.78 is 9.91. The van der Waals surface area contributed by atoms with Gasteiger partial charge in [-0.05, 0) is 48.7 Å². The van der Waals surface area contributed by atoms with Crippen molar-refractivity contribution >= 4 is 23.3 Å². The fourth-order valence-electron chi connectivity index (χ4n) is 2.99. The zero-order valence-electron chi connectivity index (χ0n) is 15.0. The van der Waals surface area contributed by atoms with Crippen molar-refractivity contribution in [3.8, 4) is 5.75 Å². The quantitative estimate of drug-likeness (QED) is 0.808. The highest BCUT2D eigenvalue weighted by Gasteiger charge is 2.23. The molecule has 2 aromatic carbocycles. The van der Waals surface area contributed by atoms with E-state index in [2.05, 4.69) is 16.1 Å². The largest absolute Gasteiger partial charge is 0.482 e. The predicted octanol–water partition coefficient (Wildman–Crippen LogP) is 2.55. The van der Waals surface area contributed by atoms with E-state index < -0.39 is 5.97 Å². The molecule has 1 aliphatic heterocycles. The Kier molecular flexibility index (Phi) is 5.41. The molecule has 0 saturated heterocycles. The van der Waals surface area contributed by atoms with E-state index in [1.54, 1.807) is 6.07 Å². The van der Waals surface area contributed by atoms with Crippen molar-refractivity contribution in [2.24, 2.45) is 0 Å². The van der Waals surface area contributed by atoms with E-state index in [1.807, 2.05) is 42.2 Å². The Morgan fingerprint density at radius 1 is 1.19 bits per heavy atom. The number of esters is 1. The minimum absolute atomic E-state index is 0.0420. The van der Waals surface area contributed by atoms with E-state index in [1.165, 1.54) is 12.7 Å². The van der Waals surface area contributed by atoms with Gasteiger partial charge in [-0.25, -0.2) is 4.79 Å². The number of hydrogen-bond donors (Lipinski definition) is 1. The van der Waals surface area contributed by atoms with Crippen LogP contribution >= 0.6 is 0 Å². The number of carbonyl (C=O) groups is 2. The first-order chi connectivity index (χ1) is 12.6. The molecule has 1 heterocycles. The van der Waals surface area contributed by atoms with Crippen LogP contribution in [0.25, 0.3) is 0 Å². The standard InChI is InChI=1S/C20H22N2O4/c1-14-11-16(26-13-20(24)25-2)7-8-17(14)21-12-19(23)22-10-9-15-5-3-4-6-18(15)22/h3-8,11,21H,9-10,12-13H2,1-2H3. The summed E-state index contributed by atoms with van der Waals surface area (Å²) in [6, 6.07) is 13.4. The van der Waals surface area contributed by atoms with Gasteiger partial charge in [0.2, 0.25) is 5.91 Å². The van der Waals surface area contributed by atoms with Crippen molar-refractivity contribution in [1.82, 2.24) is 0 Å². The molecule has 0 radical (unpaired) electrons. The minimum atomic E-state index is -0.429. The first kappa shape index (κ1) is 17.8. The van der Waals surface area contributed by atoms with Gasteiger partial charge in [-0.15, -0.1) is 0 Å². The minimum Gasteiger partial charge on any atom is -0.482 e. The van der Waals surface area contributed by atoms with Gasteiger partial charge in [0, 0.05) is 17.9 Å². The molecule has 0 aliphatic carbocycles. The van der Waals surface area contributed by atoms with Crippen LogP contribution in [-0.2, 0) is 20.7 Å². The van der Waals surface area contributed by atoms with Crippen molar-refractivity contribution in [3.05, 3.63) is 53.6 Å². The van der Waals surface area contributed by atoms with Crippen LogP contribution < -0.4 is 15.0 Å². The maximum Gasteiger partial charge on any atom is 0.343 e. The van der Waals surface area contributed by atoms with E-state index in [4.69, 9.17) is 4.74 Å². The molecule has 6 nitrogen and oxygen atoms in total. The molecule has 0 unspecified atom stereocenters. The van der Waals surface area contributed by atoms with E-state index in [-0.39, 0.29) is 19.1 Å². The highest BCUT2D eigenvalue weighted by Crippen LogP contribution is 2.27. The molecule has 1 amide bonds. The van der Waals surface area contributed by atoms with Crippen LogP contribution in [0.4, 0.5) is 11.4 Å². The van der Waals surface area contributed by atoms with Crippen LogP contribution in [0, 0.1) is 6.92 Å². The first-order valence-electron chi connectivity index (χ1n) is 8.51. The highest BCUT2D eigenvalue weighted by molar-refractivity contribution is 5.98. The topological polar surface area (TPSA) is 67.9 Å². The Balaban J connectivity index is 1.58. The van der Waals surface area contributed by atoms with E-state index in [9.17, 15) is 9.59 Å². The summed E-state index contributed by atoms with van der Waals surface area (Å²) in [7, 11) is 1.32. The molecule has 136 valence electrons. The second-order valence-corrected chi connectivity index (χ2v) is 6.12. The number of hydrogen-bond acceptors (Lipinski definition) is 5. The van der Waals surface area contributed by atoms with Crippen molar-refractivity contribution in [2.45, 2.75) is 13.3 Å². The van der Waals surface area contributed by atoms with Crippen LogP contribution in [0.5, 0.6) is 5.75 Å². The maximum atomic E-state index is 12.6. The lowest BCUT2D eigenvalue weighted by molar-refractivity contribution is -0.142. The molecule has 26 heavy (non-hydrogen) atoms. The second-order valence-electron chi connectivity index (χ2n) is 6.12. The molecule has 0 aromatic heterocycles. The van der Waals surface area contributed by atoms with Crippen molar-refractivity contribution in [3.63, 3.8) is 0 Å². The van der Waals surface area contributed by atoms with Crippen LogP contribution in [0.2, 0.25) is 0 Å². The maximum absolute atomic E-state index is 12.6. The zero-order valence-corrected chi connectivity index (χ0v) is 15.0. The third kappa shape index (κ3) is 3.96. The van der Waals surface area contributed by atoms with Gasteiger partial charge in [0.25, 0.3) is 0 Å². The van der Waals surface area contributed by atoms with Crippen LogP contribution in [0.15, 0.2) is 42.5 Å². The average molecular weight is 354 g/mol. The van der Waals surface area contributed by atoms with E-state index in [0.29, 0.717) is 5.75 Å². The van der Waals surface area contributed by atoms with Gasteiger partial charge in [0.15, 0.2) is 6.61 Å². The monoisotopic (exact) mass is 354 g/mol. The van der Waals surface area contributed by atoms with E-state index in [0.717, 1.165) is 29.9 Å². The molecule has 0 bridgehead atoms. The number of carbonyl (C=O) groups excluding carboxylic acids is 2. The van der Waals surface area contributed by atoms with Gasteiger partial charge >= 0.3 is 5.97 Å².